The number of likely N-dealkylation sites (N-methyl/N-ethyl adjacent to an activating group) is 1. The molecular formula is C30H41N3O5S. The molecule has 8 nitrogen and oxygen atoms in total. The Morgan fingerprint density at radius 1 is 1.13 bits per heavy atom. The summed E-state index contributed by atoms with van der Waals surface area (Å²) in [5, 5.41) is 9.18. The number of fused-ring (bicyclic) bond motifs is 1. The number of aliphatic hydroxyl groups excluding tert-OH is 1. The molecule has 3 amide bonds. The van der Waals surface area contributed by atoms with Crippen molar-refractivity contribution in [3.63, 3.8) is 0 Å². The highest BCUT2D eigenvalue weighted by molar-refractivity contribution is 8.02. The van der Waals surface area contributed by atoms with E-state index in [4.69, 9.17) is 9.84 Å². The van der Waals surface area contributed by atoms with Crippen molar-refractivity contribution in [3.05, 3.63) is 49.6 Å². The number of carbonyl (C=O) groups is 3. The van der Waals surface area contributed by atoms with Crippen molar-refractivity contribution < 1.29 is 24.2 Å². The highest BCUT2D eigenvalue weighted by atomic mass is 32.2. The summed E-state index contributed by atoms with van der Waals surface area (Å²) in [6.07, 6.45) is 8.12. The third-order valence-electron chi connectivity index (χ3n) is 8.37. The summed E-state index contributed by atoms with van der Waals surface area (Å²) in [5.41, 5.74) is 0.715. The zero-order valence-corrected chi connectivity index (χ0v) is 23.9. The lowest BCUT2D eigenvalue weighted by atomic mass is 9.70. The summed E-state index contributed by atoms with van der Waals surface area (Å²) >= 11 is 1.69. The normalized spacial score (nSPS) is 26.8. The summed E-state index contributed by atoms with van der Waals surface area (Å²) in [5.74, 6) is -0.519. The van der Waals surface area contributed by atoms with Crippen molar-refractivity contribution in [2.24, 2.45) is 11.8 Å². The zero-order valence-electron chi connectivity index (χ0n) is 23.1. The molecule has 0 saturated carbocycles. The third kappa shape index (κ3) is 5.35. The van der Waals surface area contributed by atoms with Crippen molar-refractivity contribution in [2.75, 3.05) is 45.3 Å². The van der Waals surface area contributed by atoms with E-state index in [0.717, 1.165) is 38.5 Å². The molecule has 1 aromatic rings. The number of rotatable bonds is 14. The van der Waals surface area contributed by atoms with E-state index in [1.165, 1.54) is 0 Å². The van der Waals surface area contributed by atoms with Crippen LogP contribution >= 0.6 is 11.8 Å². The number of aliphatic hydroxyl groups is 1. The number of ether oxygens (including phenoxy) is 1. The predicted molar refractivity (Wildman–Crippen MR) is 155 cm³/mol. The molecular weight excluding hydrogens is 514 g/mol. The van der Waals surface area contributed by atoms with Gasteiger partial charge in [0.2, 0.25) is 11.8 Å². The largest absolute Gasteiger partial charge is 0.497 e. The maximum atomic E-state index is 14.5. The smallest absolute Gasteiger partial charge is 0.251 e. The van der Waals surface area contributed by atoms with E-state index in [0.29, 0.717) is 31.1 Å². The van der Waals surface area contributed by atoms with Gasteiger partial charge in [-0.15, -0.1) is 24.9 Å². The van der Waals surface area contributed by atoms with Crippen LogP contribution in [0.15, 0.2) is 49.6 Å². The molecule has 4 rings (SSSR count). The lowest BCUT2D eigenvalue weighted by Crippen LogP contribution is -2.55. The second-order valence-corrected chi connectivity index (χ2v) is 12.3. The van der Waals surface area contributed by atoms with E-state index in [1.807, 2.05) is 24.3 Å². The maximum Gasteiger partial charge on any atom is 0.251 e. The van der Waals surface area contributed by atoms with Crippen LogP contribution in [0.3, 0.4) is 0 Å². The van der Waals surface area contributed by atoms with E-state index in [2.05, 4.69) is 13.2 Å². The number of anilines is 1. The van der Waals surface area contributed by atoms with Gasteiger partial charge in [0, 0.05) is 44.2 Å². The molecule has 1 aromatic carbocycles. The minimum absolute atomic E-state index is 0.0227. The third-order valence-corrected chi connectivity index (χ3v) is 10.3. The second-order valence-electron chi connectivity index (χ2n) is 10.7. The number of hydrogen-bond donors (Lipinski definition) is 1. The Morgan fingerprint density at radius 2 is 1.82 bits per heavy atom. The molecule has 39 heavy (non-hydrogen) atoms. The molecule has 1 N–H and O–H groups in total. The van der Waals surface area contributed by atoms with Gasteiger partial charge in [-0.05, 0) is 49.9 Å². The molecule has 3 aliphatic heterocycles. The Hall–Kier alpha value is -2.78. The highest BCUT2D eigenvalue weighted by Gasteiger charge is 2.73. The molecule has 2 unspecified atom stereocenters. The summed E-state index contributed by atoms with van der Waals surface area (Å²) in [4.78, 5) is 47.4. The van der Waals surface area contributed by atoms with E-state index < -0.39 is 22.6 Å². The molecule has 212 valence electrons. The average Bonchev–Trinajstić information content (AvgIpc) is 3.58. The SMILES string of the molecule is C=CCN(C)C(=O)[C@@H]1[C@@H]2CCC3(S2)C(C(=O)N(CC=C)c2ccc(OC)cc2)N(CCCCCCO)C(=O)[C@H]13. The number of hydrogen-bond acceptors (Lipinski definition) is 6. The summed E-state index contributed by atoms with van der Waals surface area (Å²) in [7, 11) is 3.35. The van der Waals surface area contributed by atoms with Crippen LogP contribution in [-0.4, -0.2) is 89.1 Å². The Morgan fingerprint density at radius 3 is 2.46 bits per heavy atom. The van der Waals surface area contributed by atoms with Crippen molar-refractivity contribution in [1.29, 1.82) is 0 Å². The van der Waals surface area contributed by atoms with Crippen LogP contribution in [-0.2, 0) is 14.4 Å². The fourth-order valence-electron chi connectivity index (χ4n) is 6.60. The van der Waals surface area contributed by atoms with Crippen LogP contribution in [0.2, 0.25) is 0 Å². The molecule has 9 heteroatoms. The molecule has 5 atom stereocenters. The first-order chi connectivity index (χ1) is 18.8. The standard InChI is InChI=1S/C30H41N3O5S/c1-5-17-31(3)27(35)24-23-15-16-30(39-23)25(24)28(36)33(19-9-7-8-10-20-34)26(30)29(37)32(18-6-2)21-11-13-22(38-4)14-12-21/h5-6,11-14,23-26,34H,1-2,7-10,15-20H2,3-4H3/t23-,24+,25-,26?,30?/m0/s1. The van der Waals surface area contributed by atoms with E-state index in [9.17, 15) is 14.4 Å². The van der Waals surface area contributed by atoms with Gasteiger partial charge in [0.15, 0.2) is 0 Å². The number of nitrogens with zero attached hydrogens (tertiary/aromatic N) is 3. The molecule has 3 heterocycles. The van der Waals surface area contributed by atoms with Gasteiger partial charge < -0.3 is 24.5 Å². The Kier molecular flexibility index (Phi) is 9.43. The number of thioether (sulfide) groups is 1. The molecule has 0 aliphatic carbocycles. The van der Waals surface area contributed by atoms with Gasteiger partial charge in [-0.1, -0.05) is 25.0 Å². The van der Waals surface area contributed by atoms with Crippen LogP contribution in [0, 0.1) is 11.8 Å². The van der Waals surface area contributed by atoms with E-state index >= 15 is 0 Å². The lowest BCUT2D eigenvalue weighted by Gasteiger charge is -2.37. The first-order valence-corrected chi connectivity index (χ1v) is 14.7. The Labute approximate surface area is 236 Å². The van der Waals surface area contributed by atoms with Crippen molar-refractivity contribution in [2.45, 2.75) is 54.6 Å². The first-order valence-electron chi connectivity index (χ1n) is 13.9. The van der Waals surface area contributed by atoms with Crippen LogP contribution in [0.4, 0.5) is 5.69 Å². The molecule has 0 radical (unpaired) electrons. The maximum absolute atomic E-state index is 14.5. The fraction of sp³-hybridized carbons (Fsp3) is 0.567. The number of amides is 3. The summed E-state index contributed by atoms with van der Waals surface area (Å²) in [6, 6.07) is 6.67. The Bertz CT molecular complexity index is 1080. The Balaban J connectivity index is 1.70. The van der Waals surface area contributed by atoms with Crippen LogP contribution < -0.4 is 9.64 Å². The molecule has 2 bridgehead atoms. The van der Waals surface area contributed by atoms with Gasteiger partial charge in [-0.25, -0.2) is 0 Å². The average molecular weight is 556 g/mol. The van der Waals surface area contributed by atoms with Gasteiger partial charge >= 0.3 is 0 Å². The van der Waals surface area contributed by atoms with Gasteiger partial charge in [0.05, 0.1) is 23.7 Å². The van der Waals surface area contributed by atoms with Gasteiger partial charge in [0.25, 0.3) is 5.91 Å². The number of likely N-dealkylation sites (tertiary alicyclic amines) is 1. The molecule has 0 aromatic heterocycles. The topological polar surface area (TPSA) is 90.4 Å². The first kappa shape index (κ1) is 29.2. The van der Waals surface area contributed by atoms with Crippen LogP contribution in [0.25, 0.3) is 0 Å². The van der Waals surface area contributed by atoms with Gasteiger partial charge in [-0.3, -0.25) is 14.4 Å². The molecule has 3 fully saturated rings. The van der Waals surface area contributed by atoms with Gasteiger partial charge in [0.1, 0.15) is 11.8 Å². The second kappa shape index (κ2) is 12.6. The van der Waals surface area contributed by atoms with Crippen molar-refractivity contribution in [3.8, 4) is 5.75 Å². The number of carbonyl (C=O) groups excluding carboxylic acids is 3. The number of unbranched alkanes of at least 4 members (excludes halogenated alkanes) is 3. The number of methoxy groups -OCH3 is 1. The van der Waals surface area contributed by atoms with Crippen molar-refractivity contribution in [1.82, 2.24) is 9.80 Å². The van der Waals surface area contributed by atoms with E-state index in [1.54, 1.807) is 52.8 Å². The van der Waals surface area contributed by atoms with Crippen LogP contribution in [0.5, 0.6) is 5.75 Å². The van der Waals surface area contributed by atoms with Gasteiger partial charge in [-0.2, -0.15) is 0 Å². The minimum atomic E-state index is -0.660. The lowest BCUT2D eigenvalue weighted by molar-refractivity contribution is -0.143. The fourth-order valence-corrected chi connectivity index (χ4v) is 8.81. The zero-order chi connectivity index (χ0) is 28.2. The molecule has 3 aliphatic rings. The summed E-state index contributed by atoms with van der Waals surface area (Å²) in [6.45, 7) is 8.97. The molecule has 1 spiro atoms. The molecule has 3 saturated heterocycles. The minimum Gasteiger partial charge on any atom is -0.497 e. The monoisotopic (exact) mass is 555 g/mol. The summed E-state index contributed by atoms with van der Waals surface area (Å²) < 4.78 is 4.67. The van der Waals surface area contributed by atoms with Crippen LogP contribution in [0.1, 0.15) is 38.5 Å². The van der Waals surface area contributed by atoms with E-state index in [-0.39, 0.29) is 29.6 Å². The van der Waals surface area contributed by atoms with Crippen molar-refractivity contribution >= 4 is 35.2 Å². The highest BCUT2D eigenvalue weighted by Crippen LogP contribution is 2.66. The predicted octanol–water partition coefficient (Wildman–Crippen LogP) is 3.50. The number of benzene rings is 1. The quantitative estimate of drug-likeness (QED) is 0.279.